The van der Waals surface area contributed by atoms with E-state index in [1.807, 2.05) is 36.5 Å². The van der Waals surface area contributed by atoms with E-state index in [4.69, 9.17) is 0 Å². The van der Waals surface area contributed by atoms with Crippen LogP contribution in [0.25, 0.3) is 0 Å². The Balaban J connectivity index is 1.51. The summed E-state index contributed by atoms with van der Waals surface area (Å²) in [6, 6.07) is 14.3. The summed E-state index contributed by atoms with van der Waals surface area (Å²) in [6.07, 6.45) is 3.86. The van der Waals surface area contributed by atoms with Crippen LogP contribution in [-0.4, -0.2) is 27.3 Å². The molecule has 2 amide bonds. The van der Waals surface area contributed by atoms with Gasteiger partial charge in [-0.3, -0.25) is 4.68 Å². The molecule has 138 valence electrons. The fraction of sp³-hybridized carbons (Fsp3) is 0.238. The summed E-state index contributed by atoms with van der Waals surface area (Å²) < 4.78 is 14.8. The molecule has 5 nitrogen and oxygen atoms in total. The summed E-state index contributed by atoms with van der Waals surface area (Å²) in [4.78, 5) is 14.6. The lowest BCUT2D eigenvalue weighted by Crippen LogP contribution is -2.44. The molecule has 4 rings (SSSR count). The average molecular weight is 364 g/mol. The Hall–Kier alpha value is -3.15. The van der Waals surface area contributed by atoms with E-state index in [0.717, 1.165) is 16.7 Å². The molecule has 1 atom stereocenters. The van der Waals surface area contributed by atoms with Crippen LogP contribution in [0.15, 0.2) is 60.9 Å². The van der Waals surface area contributed by atoms with Crippen LogP contribution in [0.5, 0.6) is 0 Å². The lowest BCUT2D eigenvalue weighted by atomic mass is 9.86. The predicted octanol–water partition coefficient (Wildman–Crippen LogP) is 3.42. The second kappa shape index (κ2) is 7.23. The van der Waals surface area contributed by atoms with Gasteiger partial charge in [0.05, 0.1) is 6.20 Å². The summed E-state index contributed by atoms with van der Waals surface area (Å²) in [7, 11) is 1.89. The molecule has 1 unspecified atom stereocenters. The highest BCUT2D eigenvalue weighted by atomic mass is 19.1. The van der Waals surface area contributed by atoms with E-state index in [2.05, 4.69) is 22.5 Å². The van der Waals surface area contributed by atoms with Crippen molar-refractivity contribution in [3.8, 4) is 0 Å². The van der Waals surface area contributed by atoms with Crippen molar-refractivity contribution in [2.75, 3.05) is 6.54 Å². The maximum absolute atomic E-state index is 13.0. The molecule has 6 heteroatoms. The number of carbonyl (C=O) groups is 1. The summed E-state index contributed by atoms with van der Waals surface area (Å²) >= 11 is 0. The number of benzene rings is 2. The molecule has 0 bridgehead atoms. The zero-order chi connectivity index (χ0) is 18.8. The maximum atomic E-state index is 13.0. The number of rotatable bonds is 3. The first kappa shape index (κ1) is 17.3. The van der Waals surface area contributed by atoms with Gasteiger partial charge < -0.3 is 10.2 Å². The van der Waals surface area contributed by atoms with Gasteiger partial charge in [0.2, 0.25) is 0 Å². The van der Waals surface area contributed by atoms with Gasteiger partial charge >= 0.3 is 6.03 Å². The van der Waals surface area contributed by atoms with Crippen molar-refractivity contribution >= 4 is 6.03 Å². The zero-order valence-corrected chi connectivity index (χ0v) is 15.1. The summed E-state index contributed by atoms with van der Waals surface area (Å²) in [6.45, 7) is 1.54. The molecule has 27 heavy (non-hydrogen) atoms. The van der Waals surface area contributed by atoms with Gasteiger partial charge in [-0.25, -0.2) is 9.18 Å². The van der Waals surface area contributed by atoms with Crippen molar-refractivity contribution in [2.45, 2.75) is 19.0 Å². The third-order valence-corrected chi connectivity index (χ3v) is 4.97. The number of halogens is 1. The quantitative estimate of drug-likeness (QED) is 0.774. The summed E-state index contributed by atoms with van der Waals surface area (Å²) in [5.74, 6) is -0.183. The normalized spacial score (nSPS) is 16.1. The van der Waals surface area contributed by atoms with E-state index >= 15 is 0 Å². The van der Waals surface area contributed by atoms with Crippen molar-refractivity contribution in [3.63, 3.8) is 0 Å². The van der Waals surface area contributed by atoms with E-state index in [1.165, 1.54) is 17.7 Å². The molecule has 0 fully saturated rings. The van der Waals surface area contributed by atoms with Gasteiger partial charge in [-0.2, -0.15) is 5.10 Å². The molecule has 2 heterocycles. The van der Waals surface area contributed by atoms with E-state index < -0.39 is 0 Å². The first-order chi connectivity index (χ1) is 13.1. The van der Waals surface area contributed by atoms with Gasteiger partial charge in [-0.05, 0) is 34.4 Å². The number of carbonyl (C=O) groups excluding carboxylic acids is 1. The topological polar surface area (TPSA) is 50.2 Å². The molecular weight excluding hydrogens is 343 g/mol. The van der Waals surface area contributed by atoms with E-state index in [0.29, 0.717) is 19.6 Å². The van der Waals surface area contributed by atoms with Crippen LogP contribution in [0.3, 0.4) is 0 Å². The molecule has 0 radical (unpaired) electrons. The summed E-state index contributed by atoms with van der Waals surface area (Å²) in [5, 5.41) is 7.22. The first-order valence-electron chi connectivity index (χ1n) is 8.94. The number of aryl methyl sites for hydroxylation is 1. The standard InChI is InChI=1S/C21H21FN4O/c1-25-12-17(11-24-25)20-14-26(13-16-4-2-3-5-19(16)20)21(27)23-10-15-6-8-18(22)9-7-15/h2-9,11-12,20H,10,13-14H2,1H3,(H,23,27). The minimum Gasteiger partial charge on any atom is -0.334 e. The van der Waals surface area contributed by atoms with Crippen LogP contribution in [-0.2, 0) is 20.1 Å². The number of hydrogen-bond acceptors (Lipinski definition) is 2. The Bertz CT molecular complexity index is 951. The lowest BCUT2D eigenvalue weighted by molar-refractivity contribution is 0.188. The fourth-order valence-corrected chi connectivity index (χ4v) is 3.56. The van der Waals surface area contributed by atoms with Crippen molar-refractivity contribution in [2.24, 2.45) is 7.05 Å². The first-order valence-corrected chi connectivity index (χ1v) is 8.94. The van der Waals surface area contributed by atoms with E-state index in [9.17, 15) is 9.18 Å². The van der Waals surface area contributed by atoms with Gasteiger partial charge in [-0.15, -0.1) is 0 Å². The number of urea groups is 1. The molecule has 1 aliphatic rings. The molecule has 0 saturated carbocycles. The Morgan fingerprint density at radius 3 is 2.74 bits per heavy atom. The molecule has 0 saturated heterocycles. The third kappa shape index (κ3) is 3.69. The SMILES string of the molecule is Cn1cc(C2CN(C(=O)NCc3ccc(F)cc3)Cc3ccccc32)cn1. The maximum Gasteiger partial charge on any atom is 0.317 e. The molecule has 2 aromatic carbocycles. The number of fused-ring (bicyclic) bond motifs is 1. The highest BCUT2D eigenvalue weighted by molar-refractivity contribution is 5.75. The van der Waals surface area contributed by atoms with Gasteiger partial charge in [-0.1, -0.05) is 36.4 Å². The summed E-state index contributed by atoms with van der Waals surface area (Å²) in [5.41, 5.74) is 4.36. The molecule has 1 aliphatic heterocycles. The Labute approximate surface area is 157 Å². The lowest BCUT2D eigenvalue weighted by Gasteiger charge is -2.34. The monoisotopic (exact) mass is 364 g/mol. The smallest absolute Gasteiger partial charge is 0.317 e. The van der Waals surface area contributed by atoms with Crippen molar-refractivity contribution in [3.05, 3.63) is 89.0 Å². The largest absolute Gasteiger partial charge is 0.334 e. The fourth-order valence-electron chi connectivity index (χ4n) is 3.56. The number of nitrogens with one attached hydrogen (secondary N) is 1. The van der Waals surface area contributed by atoms with Crippen LogP contribution in [0.2, 0.25) is 0 Å². The van der Waals surface area contributed by atoms with E-state index in [1.54, 1.807) is 16.8 Å². The second-order valence-electron chi connectivity index (χ2n) is 6.86. The molecular formula is C21H21FN4O. The third-order valence-electron chi connectivity index (χ3n) is 4.97. The zero-order valence-electron chi connectivity index (χ0n) is 15.1. The highest BCUT2D eigenvalue weighted by Gasteiger charge is 2.29. The number of amides is 2. The van der Waals surface area contributed by atoms with Crippen LogP contribution in [0, 0.1) is 5.82 Å². The molecule has 0 aliphatic carbocycles. The van der Waals surface area contributed by atoms with Gasteiger partial charge in [0.1, 0.15) is 5.82 Å². The number of hydrogen-bond donors (Lipinski definition) is 1. The number of aromatic nitrogens is 2. The molecule has 1 N–H and O–H groups in total. The molecule has 0 spiro atoms. The van der Waals surface area contributed by atoms with Crippen molar-refractivity contribution in [1.29, 1.82) is 0 Å². The van der Waals surface area contributed by atoms with Crippen molar-refractivity contribution < 1.29 is 9.18 Å². The van der Waals surface area contributed by atoms with Gasteiger partial charge in [0.25, 0.3) is 0 Å². The minimum absolute atomic E-state index is 0.0974. The van der Waals surface area contributed by atoms with Crippen LogP contribution in [0.1, 0.15) is 28.2 Å². The second-order valence-corrected chi connectivity index (χ2v) is 6.86. The van der Waals surface area contributed by atoms with E-state index in [-0.39, 0.29) is 17.8 Å². The number of nitrogens with zero attached hydrogens (tertiary/aromatic N) is 3. The van der Waals surface area contributed by atoms with Crippen molar-refractivity contribution in [1.82, 2.24) is 20.0 Å². The van der Waals surface area contributed by atoms with Crippen LogP contribution >= 0.6 is 0 Å². The van der Waals surface area contributed by atoms with Crippen LogP contribution in [0.4, 0.5) is 9.18 Å². The minimum atomic E-state index is -0.281. The van der Waals surface area contributed by atoms with Gasteiger partial charge in [0, 0.05) is 38.8 Å². The molecule has 3 aromatic rings. The van der Waals surface area contributed by atoms with Crippen LogP contribution < -0.4 is 5.32 Å². The van der Waals surface area contributed by atoms with Gasteiger partial charge in [0.15, 0.2) is 0 Å². The Kier molecular flexibility index (Phi) is 4.62. The highest BCUT2D eigenvalue weighted by Crippen LogP contribution is 2.33. The Morgan fingerprint density at radius 2 is 2.00 bits per heavy atom. The predicted molar refractivity (Wildman–Crippen MR) is 101 cm³/mol. The molecule has 1 aromatic heterocycles. The average Bonchev–Trinajstić information content (AvgIpc) is 3.12. The Morgan fingerprint density at radius 1 is 1.22 bits per heavy atom.